The molecule has 0 aromatic heterocycles. The molecule has 3 nitrogen and oxygen atoms in total. The first-order valence-electron chi connectivity index (χ1n) is 6.06. The Balaban J connectivity index is 2.36. The molecule has 1 aliphatic rings. The van der Waals surface area contributed by atoms with Crippen molar-refractivity contribution in [2.45, 2.75) is 42.5 Å². The number of alkyl halides is 1. The zero-order valence-corrected chi connectivity index (χ0v) is 13.1. The van der Waals surface area contributed by atoms with Crippen LogP contribution in [-0.2, 0) is 15.4 Å². The van der Waals surface area contributed by atoms with E-state index >= 15 is 0 Å². The topological polar surface area (TPSA) is 37.4 Å². The molecule has 2 rings (SSSR count). The molecular weight excluding hydrogens is 314 g/mol. The second kappa shape index (κ2) is 4.94. The van der Waals surface area contributed by atoms with Crippen LogP contribution in [0.1, 0.15) is 32.3 Å². The highest BCUT2D eigenvalue weighted by Crippen LogP contribution is 2.33. The van der Waals surface area contributed by atoms with Crippen LogP contribution in [-0.4, -0.2) is 24.8 Å². The number of hydrogen-bond acceptors (Lipinski definition) is 2. The van der Waals surface area contributed by atoms with Crippen molar-refractivity contribution in [3.05, 3.63) is 29.8 Å². The number of hydrogen-bond donors (Lipinski definition) is 0. The van der Waals surface area contributed by atoms with Crippen LogP contribution < -0.4 is 0 Å². The normalized spacial score (nSPS) is 20.2. The van der Waals surface area contributed by atoms with Gasteiger partial charge in [0.05, 0.1) is 4.90 Å². The van der Waals surface area contributed by atoms with Gasteiger partial charge in [-0.05, 0) is 44.4 Å². The fraction of sp³-hybridized carbons (Fsp3) is 0.538. The smallest absolute Gasteiger partial charge is 0.207 e. The molecule has 0 unspecified atom stereocenters. The summed E-state index contributed by atoms with van der Waals surface area (Å²) >= 11 is 3.36. The molecule has 1 fully saturated rings. The van der Waals surface area contributed by atoms with Gasteiger partial charge in [0.1, 0.15) is 0 Å². The Morgan fingerprint density at radius 1 is 1.28 bits per heavy atom. The van der Waals surface area contributed by atoms with E-state index in [9.17, 15) is 8.42 Å². The summed E-state index contributed by atoms with van der Waals surface area (Å²) in [5.74, 6) is 0. The zero-order chi connectivity index (χ0) is 13.4. The van der Waals surface area contributed by atoms with E-state index < -0.39 is 10.0 Å². The van der Waals surface area contributed by atoms with E-state index in [1.807, 2.05) is 26.0 Å². The molecule has 0 aliphatic carbocycles. The van der Waals surface area contributed by atoms with Crippen LogP contribution >= 0.6 is 15.9 Å². The van der Waals surface area contributed by atoms with E-state index in [1.54, 1.807) is 16.4 Å². The van der Waals surface area contributed by atoms with Crippen LogP contribution in [0, 0.1) is 0 Å². The average Bonchev–Trinajstić information content (AvgIpc) is 2.69. The molecule has 0 bridgehead atoms. The van der Waals surface area contributed by atoms with Crippen molar-refractivity contribution in [1.82, 2.24) is 4.31 Å². The van der Waals surface area contributed by atoms with E-state index in [-0.39, 0.29) is 5.54 Å². The lowest BCUT2D eigenvalue weighted by Gasteiger charge is -2.30. The van der Waals surface area contributed by atoms with Crippen molar-refractivity contribution < 1.29 is 8.42 Å². The van der Waals surface area contributed by atoms with E-state index in [2.05, 4.69) is 15.9 Å². The number of benzene rings is 1. The Bertz CT molecular complexity index is 522. The molecule has 5 heteroatoms. The van der Waals surface area contributed by atoms with Gasteiger partial charge in [-0.1, -0.05) is 28.1 Å². The molecule has 1 aliphatic heterocycles. The third-order valence-electron chi connectivity index (χ3n) is 3.49. The fourth-order valence-electron chi connectivity index (χ4n) is 2.41. The summed E-state index contributed by atoms with van der Waals surface area (Å²) in [5, 5.41) is 0.739. The zero-order valence-electron chi connectivity index (χ0n) is 10.7. The van der Waals surface area contributed by atoms with Crippen LogP contribution in [0.4, 0.5) is 0 Å². The maximum absolute atomic E-state index is 12.6. The number of nitrogens with zero attached hydrogens (tertiary/aromatic N) is 1. The van der Waals surface area contributed by atoms with Crippen molar-refractivity contribution in [1.29, 1.82) is 0 Å². The predicted octanol–water partition coefficient (Wildman–Crippen LogP) is 3.14. The largest absolute Gasteiger partial charge is 0.243 e. The molecule has 1 heterocycles. The van der Waals surface area contributed by atoms with E-state index in [0.29, 0.717) is 11.4 Å². The Hall–Kier alpha value is -0.390. The summed E-state index contributed by atoms with van der Waals surface area (Å²) in [6.45, 7) is 4.60. The van der Waals surface area contributed by atoms with Crippen molar-refractivity contribution in [3.8, 4) is 0 Å². The van der Waals surface area contributed by atoms with Crippen molar-refractivity contribution in [2.75, 3.05) is 6.54 Å². The molecule has 1 saturated heterocycles. The van der Waals surface area contributed by atoms with Gasteiger partial charge < -0.3 is 0 Å². The van der Waals surface area contributed by atoms with Crippen molar-refractivity contribution >= 4 is 26.0 Å². The number of sulfonamides is 1. The molecule has 1 aromatic rings. The molecule has 0 amide bonds. The summed E-state index contributed by atoms with van der Waals surface area (Å²) in [7, 11) is -3.35. The molecule has 1 aromatic carbocycles. The lowest BCUT2D eigenvalue weighted by molar-refractivity contribution is 0.291. The van der Waals surface area contributed by atoms with Gasteiger partial charge >= 0.3 is 0 Å². The summed E-state index contributed by atoms with van der Waals surface area (Å²) < 4.78 is 26.8. The van der Waals surface area contributed by atoms with Crippen molar-refractivity contribution in [2.24, 2.45) is 0 Å². The molecule has 0 saturated carbocycles. The highest BCUT2D eigenvalue weighted by atomic mass is 79.9. The third kappa shape index (κ3) is 2.49. The lowest BCUT2D eigenvalue weighted by atomic mass is 10.0. The quantitative estimate of drug-likeness (QED) is 0.798. The molecule has 18 heavy (non-hydrogen) atoms. The minimum atomic E-state index is -3.35. The first-order chi connectivity index (χ1) is 8.38. The maximum atomic E-state index is 12.6. The second-order valence-electron chi connectivity index (χ2n) is 5.27. The van der Waals surface area contributed by atoms with Crippen LogP contribution in [0.2, 0.25) is 0 Å². The van der Waals surface area contributed by atoms with Crippen LogP contribution in [0.5, 0.6) is 0 Å². The van der Waals surface area contributed by atoms with Gasteiger partial charge in [-0.3, -0.25) is 0 Å². The molecule has 0 N–H and O–H groups in total. The average molecular weight is 332 g/mol. The van der Waals surface area contributed by atoms with Gasteiger partial charge in [-0.15, -0.1) is 0 Å². The summed E-state index contributed by atoms with van der Waals surface area (Å²) in [6.07, 6.45) is 1.86. The monoisotopic (exact) mass is 331 g/mol. The fourth-order valence-corrected chi connectivity index (χ4v) is 4.63. The molecule has 0 atom stereocenters. The second-order valence-corrected chi connectivity index (χ2v) is 7.69. The molecule has 100 valence electrons. The van der Waals surface area contributed by atoms with Gasteiger partial charge in [0.2, 0.25) is 10.0 Å². The van der Waals surface area contributed by atoms with E-state index in [0.717, 1.165) is 23.7 Å². The van der Waals surface area contributed by atoms with Gasteiger partial charge in [0.15, 0.2) is 0 Å². The summed E-state index contributed by atoms with van der Waals surface area (Å²) in [6, 6.07) is 7.09. The van der Waals surface area contributed by atoms with Crippen LogP contribution in [0.3, 0.4) is 0 Å². The van der Waals surface area contributed by atoms with Gasteiger partial charge in [0.25, 0.3) is 0 Å². The minimum absolute atomic E-state index is 0.271. The number of halogens is 1. The van der Waals surface area contributed by atoms with E-state index in [4.69, 9.17) is 0 Å². The lowest BCUT2D eigenvalue weighted by Crippen LogP contribution is -2.42. The van der Waals surface area contributed by atoms with E-state index in [1.165, 1.54) is 0 Å². The molecule has 0 radical (unpaired) electrons. The van der Waals surface area contributed by atoms with Crippen molar-refractivity contribution in [3.63, 3.8) is 0 Å². The van der Waals surface area contributed by atoms with Crippen LogP contribution in [0.25, 0.3) is 0 Å². The highest BCUT2D eigenvalue weighted by molar-refractivity contribution is 9.08. The first kappa shape index (κ1) is 14.0. The first-order valence-corrected chi connectivity index (χ1v) is 8.62. The van der Waals surface area contributed by atoms with Gasteiger partial charge in [-0.25, -0.2) is 8.42 Å². The summed E-state index contributed by atoms with van der Waals surface area (Å²) in [5.41, 5.74) is 0.807. The number of rotatable bonds is 3. The highest BCUT2D eigenvalue weighted by Gasteiger charge is 2.40. The Morgan fingerprint density at radius 2 is 1.89 bits per heavy atom. The predicted molar refractivity (Wildman–Crippen MR) is 76.3 cm³/mol. The SMILES string of the molecule is CC1(C)CCCN1S(=O)(=O)c1ccc(CBr)cc1. The van der Waals surface area contributed by atoms with Crippen LogP contribution in [0.15, 0.2) is 29.2 Å². The summed E-state index contributed by atoms with van der Waals surface area (Å²) in [4.78, 5) is 0.391. The maximum Gasteiger partial charge on any atom is 0.243 e. The molecule has 0 spiro atoms. The van der Waals surface area contributed by atoms with Gasteiger partial charge in [-0.2, -0.15) is 4.31 Å². The Labute approximate surface area is 117 Å². The minimum Gasteiger partial charge on any atom is -0.207 e. The Morgan fingerprint density at radius 3 is 2.33 bits per heavy atom. The molecular formula is C13H18BrNO2S. The van der Waals surface area contributed by atoms with Gasteiger partial charge in [0, 0.05) is 17.4 Å². The standard InChI is InChI=1S/C13H18BrNO2S/c1-13(2)8-3-9-15(13)18(16,17)12-6-4-11(10-14)5-7-12/h4-7H,3,8-10H2,1-2H3. The Kier molecular flexibility index (Phi) is 3.85. The third-order valence-corrected chi connectivity index (χ3v) is 6.26.